The van der Waals surface area contributed by atoms with Crippen LogP contribution >= 0.6 is 0 Å². The lowest BCUT2D eigenvalue weighted by Crippen LogP contribution is -2.53. The highest BCUT2D eigenvalue weighted by atomic mass is 19.4. The fraction of sp³-hybridized carbons (Fsp3) is 0.241. The molecule has 3 aromatic rings. The zero-order valence-corrected chi connectivity index (χ0v) is 22.1. The van der Waals surface area contributed by atoms with Crippen molar-refractivity contribution in [3.8, 4) is 11.5 Å². The Bertz CT molecular complexity index is 1430. The number of esters is 1. The number of carboxylic acids is 1. The summed E-state index contributed by atoms with van der Waals surface area (Å²) in [6.45, 7) is -0.639. The largest absolute Gasteiger partial charge is 0.494 e. The summed E-state index contributed by atoms with van der Waals surface area (Å²) < 4.78 is 99.7. The van der Waals surface area contributed by atoms with E-state index in [4.69, 9.17) is 20.9 Å². The molecule has 0 atom stereocenters. The number of nitrogen functional groups attached to an aromatic ring is 2. The van der Waals surface area contributed by atoms with Crippen LogP contribution in [0.5, 0.6) is 11.5 Å². The Morgan fingerprint density at radius 3 is 1.84 bits per heavy atom. The molecule has 0 saturated heterocycles. The standard InChI is InChI=1S/C29H25F7N2O5/c30-27(28(31,32)33,29(34,35)36)10-1-11-42-23-8-4-19(5-9-23)26(41)43-24-6-2-17(3-7-24)12-20(25(39)40)13-18-14-21(37)16-22(38)15-18/h2-9,12,14-16H,1,10-11,13,37-38H2,(H,39,40)/b20-12+. The van der Waals surface area contributed by atoms with Gasteiger partial charge in [-0.15, -0.1) is 0 Å². The number of nitrogens with two attached hydrogens (primary N) is 2. The minimum atomic E-state index is -6.13. The molecule has 0 unspecified atom stereocenters. The zero-order chi connectivity index (χ0) is 32.0. The summed E-state index contributed by atoms with van der Waals surface area (Å²) in [5.74, 6) is -1.79. The molecular weight excluding hydrogens is 589 g/mol. The van der Waals surface area contributed by atoms with Crippen LogP contribution in [-0.2, 0) is 11.2 Å². The molecule has 0 radical (unpaired) electrons. The molecule has 0 aromatic heterocycles. The van der Waals surface area contributed by atoms with Gasteiger partial charge in [0.15, 0.2) is 0 Å². The van der Waals surface area contributed by atoms with Crippen molar-refractivity contribution in [2.24, 2.45) is 0 Å². The van der Waals surface area contributed by atoms with Gasteiger partial charge >= 0.3 is 24.3 Å². The number of halogens is 7. The van der Waals surface area contributed by atoms with E-state index in [0.717, 1.165) is 0 Å². The first kappa shape index (κ1) is 32.8. The third-order valence-corrected chi connectivity index (χ3v) is 6.06. The Hall–Kier alpha value is -4.75. The van der Waals surface area contributed by atoms with Gasteiger partial charge in [-0.3, -0.25) is 0 Å². The Balaban J connectivity index is 1.57. The average Bonchev–Trinajstić information content (AvgIpc) is 2.90. The number of anilines is 2. The maximum atomic E-state index is 13.7. The first-order valence-corrected chi connectivity index (χ1v) is 12.4. The predicted octanol–water partition coefficient (Wildman–Crippen LogP) is 6.77. The van der Waals surface area contributed by atoms with E-state index in [1.54, 1.807) is 18.2 Å². The lowest BCUT2D eigenvalue weighted by Gasteiger charge is -2.29. The second kappa shape index (κ2) is 13.0. The number of rotatable bonds is 11. The van der Waals surface area contributed by atoms with Gasteiger partial charge in [-0.2, -0.15) is 26.3 Å². The third-order valence-electron chi connectivity index (χ3n) is 6.06. The first-order chi connectivity index (χ1) is 20.0. The molecule has 0 bridgehead atoms. The molecule has 14 heteroatoms. The topological polar surface area (TPSA) is 125 Å². The quantitative estimate of drug-likeness (QED) is 0.0544. The molecule has 0 aliphatic rings. The van der Waals surface area contributed by atoms with E-state index in [9.17, 15) is 45.4 Å². The number of benzene rings is 3. The number of ether oxygens (including phenoxy) is 2. The van der Waals surface area contributed by atoms with E-state index >= 15 is 0 Å². The summed E-state index contributed by atoms with van der Waals surface area (Å²) in [6.07, 6.45) is -13.5. The van der Waals surface area contributed by atoms with E-state index in [-0.39, 0.29) is 29.1 Å². The number of carbonyl (C=O) groups excluding carboxylic acids is 1. The zero-order valence-electron chi connectivity index (χ0n) is 22.1. The van der Waals surface area contributed by atoms with Gasteiger partial charge in [0.25, 0.3) is 5.67 Å². The molecule has 0 saturated carbocycles. The molecule has 3 aromatic carbocycles. The van der Waals surface area contributed by atoms with Crippen LogP contribution in [-0.4, -0.2) is 41.7 Å². The molecule has 0 amide bonds. The van der Waals surface area contributed by atoms with Crippen molar-refractivity contribution in [3.63, 3.8) is 0 Å². The van der Waals surface area contributed by atoms with E-state index < -0.39 is 49.4 Å². The van der Waals surface area contributed by atoms with Crippen molar-refractivity contribution in [3.05, 3.63) is 89.0 Å². The normalized spacial score (nSPS) is 12.6. The summed E-state index contributed by atoms with van der Waals surface area (Å²) in [5.41, 5.74) is 8.18. The van der Waals surface area contributed by atoms with E-state index in [2.05, 4.69) is 0 Å². The summed E-state index contributed by atoms with van der Waals surface area (Å²) in [6, 6.07) is 15.7. The Labute approximate surface area is 240 Å². The van der Waals surface area contributed by atoms with Gasteiger partial charge < -0.3 is 26.0 Å². The lowest BCUT2D eigenvalue weighted by atomic mass is 9.98. The molecule has 5 N–H and O–H groups in total. The van der Waals surface area contributed by atoms with E-state index in [1.165, 1.54) is 54.6 Å². The molecule has 0 spiro atoms. The summed E-state index contributed by atoms with van der Waals surface area (Å²) in [4.78, 5) is 24.2. The van der Waals surface area contributed by atoms with Crippen LogP contribution in [0.25, 0.3) is 6.08 Å². The highest BCUT2D eigenvalue weighted by Gasteiger charge is 2.71. The molecule has 3 rings (SSSR count). The van der Waals surface area contributed by atoms with Crippen molar-refractivity contribution in [2.45, 2.75) is 37.3 Å². The van der Waals surface area contributed by atoms with Crippen molar-refractivity contribution in [2.75, 3.05) is 18.1 Å². The number of hydrogen-bond acceptors (Lipinski definition) is 6. The monoisotopic (exact) mass is 614 g/mol. The Morgan fingerprint density at radius 1 is 0.791 bits per heavy atom. The van der Waals surface area contributed by atoms with Crippen LogP contribution in [0.2, 0.25) is 0 Å². The van der Waals surface area contributed by atoms with Crippen LogP contribution in [0.3, 0.4) is 0 Å². The van der Waals surface area contributed by atoms with E-state index in [0.29, 0.717) is 22.5 Å². The van der Waals surface area contributed by atoms with Crippen LogP contribution in [0.15, 0.2) is 72.3 Å². The average molecular weight is 615 g/mol. The molecule has 7 nitrogen and oxygen atoms in total. The SMILES string of the molecule is Nc1cc(N)cc(C/C(=C\c2ccc(OC(=O)c3ccc(OCCCC(F)(C(F)(F)F)C(F)(F)F)cc3)cc2)C(=O)O)c1. The van der Waals surface area contributed by atoms with Gasteiger partial charge in [-0.25, -0.2) is 14.0 Å². The number of aliphatic carboxylic acids is 1. The minimum absolute atomic E-state index is 0.0197. The second-order valence-electron chi connectivity index (χ2n) is 9.39. The molecule has 0 heterocycles. The fourth-order valence-corrected chi connectivity index (χ4v) is 3.89. The number of carbonyl (C=O) groups is 2. The van der Waals surface area contributed by atoms with Crippen molar-refractivity contribution >= 4 is 29.4 Å². The van der Waals surface area contributed by atoms with Crippen molar-refractivity contribution in [1.29, 1.82) is 0 Å². The maximum Gasteiger partial charge on any atom is 0.431 e. The lowest BCUT2D eigenvalue weighted by molar-refractivity contribution is -0.343. The molecule has 0 aliphatic heterocycles. The maximum absolute atomic E-state index is 13.7. The molecule has 0 fully saturated rings. The number of alkyl halides is 7. The molecule has 43 heavy (non-hydrogen) atoms. The predicted molar refractivity (Wildman–Crippen MR) is 143 cm³/mol. The fourth-order valence-electron chi connectivity index (χ4n) is 3.89. The summed E-state index contributed by atoms with van der Waals surface area (Å²) in [5, 5.41) is 9.60. The van der Waals surface area contributed by atoms with Gasteiger partial charge in [0.05, 0.1) is 12.2 Å². The van der Waals surface area contributed by atoms with Crippen LogP contribution < -0.4 is 20.9 Å². The molecule has 230 valence electrons. The van der Waals surface area contributed by atoms with Gasteiger partial charge in [0.2, 0.25) is 0 Å². The van der Waals surface area contributed by atoms with Crippen LogP contribution in [0.4, 0.5) is 42.1 Å². The third kappa shape index (κ3) is 8.63. The Morgan fingerprint density at radius 2 is 1.33 bits per heavy atom. The van der Waals surface area contributed by atoms with Gasteiger partial charge in [-0.05, 0) is 78.2 Å². The molecular formula is C29H25F7N2O5. The van der Waals surface area contributed by atoms with Crippen LogP contribution in [0, 0.1) is 0 Å². The van der Waals surface area contributed by atoms with Gasteiger partial charge in [0.1, 0.15) is 11.5 Å². The van der Waals surface area contributed by atoms with Crippen molar-refractivity contribution < 1.29 is 54.9 Å². The van der Waals surface area contributed by atoms with Gasteiger partial charge in [0, 0.05) is 29.8 Å². The highest BCUT2D eigenvalue weighted by molar-refractivity contribution is 5.93. The Kier molecular flexibility index (Phi) is 9.94. The number of hydrogen-bond donors (Lipinski definition) is 3. The van der Waals surface area contributed by atoms with Crippen LogP contribution in [0.1, 0.15) is 34.3 Å². The molecule has 0 aliphatic carbocycles. The van der Waals surface area contributed by atoms with Gasteiger partial charge in [-0.1, -0.05) is 12.1 Å². The van der Waals surface area contributed by atoms with E-state index in [1.807, 2.05) is 0 Å². The summed E-state index contributed by atoms with van der Waals surface area (Å²) >= 11 is 0. The first-order valence-electron chi connectivity index (χ1n) is 12.4. The highest BCUT2D eigenvalue weighted by Crippen LogP contribution is 2.48. The number of carboxylic acid groups (broad SMARTS) is 1. The smallest absolute Gasteiger partial charge is 0.431 e. The minimum Gasteiger partial charge on any atom is -0.494 e. The van der Waals surface area contributed by atoms with Crippen molar-refractivity contribution in [1.82, 2.24) is 0 Å². The summed E-state index contributed by atoms with van der Waals surface area (Å²) in [7, 11) is 0. The second-order valence-corrected chi connectivity index (χ2v) is 9.39.